The van der Waals surface area contributed by atoms with Gasteiger partial charge in [-0.05, 0) is 92.5 Å². The summed E-state index contributed by atoms with van der Waals surface area (Å²) in [5, 5.41) is 0. The molecule has 0 N–H and O–H groups in total. The summed E-state index contributed by atoms with van der Waals surface area (Å²) in [6, 6.07) is 22.4. The van der Waals surface area contributed by atoms with Gasteiger partial charge in [-0.15, -0.1) is 0 Å². The number of nitrogens with zero attached hydrogens (tertiary/aromatic N) is 3. The fraction of sp³-hybridized carbons (Fsp3) is 0.471. The van der Waals surface area contributed by atoms with Crippen molar-refractivity contribution < 1.29 is 9.59 Å². The lowest BCUT2D eigenvalue weighted by molar-refractivity contribution is -0.159. The fourth-order valence-electron chi connectivity index (χ4n) is 8.76. The van der Waals surface area contributed by atoms with Crippen molar-refractivity contribution in [2.24, 2.45) is 23.2 Å². The number of unbranched alkanes of at least 4 members (excludes halogenated alkanes) is 1. The summed E-state index contributed by atoms with van der Waals surface area (Å²) in [5.74, 6) is 2.36. The van der Waals surface area contributed by atoms with Crippen molar-refractivity contribution >= 4 is 17.5 Å². The number of hydrogen-bond donors (Lipinski definition) is 0. The molecule has 0 spiro atoms. The number of carbonyl (C=O) groups excluding carboxylic acids is 2. The first kappa shape index (κ1) is 24.7. The van der Waals surface area contributed by atoms with Gasteiger partial charge < -0.3 is 9.47 Å². The van der Waals surface area contributed by atoms with Crippen LogP contribution < -0.4 is 4.90 Å². The zero-order chi connectivity index (χ0) is 26.6. The van der Waals surface area contributed by atoms with E-state index in [9.17, 15) is 9.59 Å². The van der Waals surface area contributed by atoms with Crippen LogP contribution in [0.25, 0.3) is 5.69 Å². The normalized spacial score (nSPS) is 28.2. The third kappa shape index (κ3) is 4.13. The van der Waals surface area contributed by atoms with Gasteiger partial charge in [0, 0.05) is 12.7 Å². The van der Waals surface area contributed by atoms with Crippen LogP contribution in [0.5, 0.6) is 0 Å². The quantitative estimate of drug-likeness (QED) is 0.345. The van der Waals surface area contributed by atoms with E-state index in [0.29, 0.717) is 24.3 Å². The first-order valence-electron chi connectivity index (χ1n) is 15.0. The summed E-state index contributed by atoms with van der Waals surface area (Å²) in [6.45, 7) is 2.96. The molecule has 4 bridgehead atoms. The van der Waals surface area contributed by atoms with Gasteiger partial charge in [0.05, 0.1) is 22.5 Å². The van der Waals surface area contributed by atoms with Crippen molar-refractivity contribution in [3.8, 4) is 5.69 Å². The second kappa shape index (κ2) is 9.69. The molecule has 4 saturated carbocycles. The number of aromatic nitrogens is 1. The molecule has 0 radical (unpaired) electrons. The summed E-state index contributed by atoms with van der Waals surface area (Å²) in [6.07, 6.45) is 11.0. The monoisotopic (exact) mass is 521 g/mol. The van der Waals surface area contributed by atoms with Crippen LogP contribution in [0.2, 0.25) is 0 Å². The van der Waals surface area contributed by atoms with E-state index in [0.717, 1.165) is 54.7 Å². The molecule has 3 aromatic rings. The molecule has 202 valence electrons. The summed E-state index contributed by atoms with van der Waals surface area (Å²) in [4.78, 5) is 32.8. The maximum atomic E-state index is 14.5. The summed E-state index contributed by atoms with van der Waals surface area (Å²) < 4.78 is 2.20. The molecule has 39 heavy (non-hydrogen) atoms. The molecule has 4 aliphatic carbocycles. The molecule has 5 aliphatic rings. The summed E-state index contributed by atoms with van der Waals surface area (Å²) in [5.41, 5.74) is 3.81. The number of carbonyl (C=O) groups is 2. The van der Waals surface area contributed by atoms with Gasteiger partial charge in [0.2, 0.25) is 11.8 Å². The number of amides is 2. The number of benzene rings is 2. The lowest BCUT2D eigenvalue weighted by Crippen LogP contribution is -2.56. The van der Waals surface area contributed by atoms with E-state index in [4.69, 9.17) is 0 Å². The molecule has 1 aromatic heterocycles. The minimum atomic E-state index is -0.244. The Hall–Kier alpha value is -3.34. The maximum absolute atomic E-state index is 14.5. The van der Waals surface area contributed by atoms with Crippen molar-refractivity contribution in [3.63, 3.8) is 0 Å². The van der Waals surface area contributed by atoms with E-state index in [1.807, 2.05) is 46.2 Å². The van der Waals surface area contributed by atoms with Crippen LogP contribution in [0.3, 0.4) is 0 Å². The van der Waals surface area contributed by atoms with Gasteiger partial charge in [-0.1, -0.05) is 55.8 Å². The van der Waals surface area contributed by atoms with Gasteiger partial charge in [0.1, 0.15) is 12.6 Å². The van der Waals surface area contributed by atoms with Crippen molar-refractivity contribution in [1.82, 2.24) is 9.47 Å². The van der Waals surface area contributed by atoms with Gasteiger partial charge in [-0.2, -0.15) is 0 Å². The van der Waals surface area contributed by atoms with Gasteiger partial charge in [-0.25, -0.2) is 0 Å². The molecule has 2 amide bonds. The number of anilines is 1. The van der Waals surface area contributed by atoms with Crippen LogP contribution in [-0.2, 0) is 9.59 Å². The number of fused-ring (bicyclic) bond motifs is 3. The van der Waals surface area contributed by atoms with E-state index in [2.05, 4.69) is 48.0 Å². The number of para-hydroxylation sites is 2. The average Bonchev–Trinajstić information content (AvgIpc) is 3.44. The lowest BCUT2D eigenvalue weighted by atomic mass is 9.49. The highest BCUT2D eigenvalue weighted by Crippen LogP contribution is 2.60. The fourth-order valence-corrected chi connectivity index (χ4v) is 8.76. The number of hydrogen-bond acceptors (Lipinski definition) is 2. The minimum Gasteiger partial charge on any atom is -0.333 e. The molecule has 5 heteroatoms. The van der Waals surface area contributed by atoms with E-state index >= 15 is 0 Å². The van der Waals surface area contributed by atoms with Crippen LogP contribution in [-0.4, -0.2) is 34.4 Å². The Bertz CT molecular complexity index is 1340. The van der Waals surface area contributed by atoms with Crippen LogP contribution in [0.4, 0.5) is 5.69 Å². The highest BCUT2D eigenvalue weighted by Gasteiger charge is 2.55. The predicted molar refractivity (Wildman–Crippen MR) is 154 cm³/mol. The Kier molecular flexibility index (Phi) is 6.13. The second-order valence-electron chi connectivity index (χ2n) is 12.6. The highest BCUT2D eigenvalue weighted by molar-refractivity contribution is 6.01. The molecule has 1 aliphatic heterocycles. The average molecular weight is 522 g/mol. The van der Waals surface area contributed by atoms with Gasteiger partial charge in [-0.3, -0.25) is 14.5 Å². The van der Waals surface area contributed by atoms with Gasteiger partial charge in [0.25, 0.3) is 0 Å². The number of rotatable bonds is 7. The Morgan fingerprint density at radius 3 is 2.15 bits per heavy atom. The Morgan fingerprint density at radius 1 is 0.846 bits per heavy atom. The largest absolute Gasteiger partial charge is 0.333 e. The molecule has 0 saturated heterocycles. The second-order valence-corrected chi connectivity index (χ2v) is 12.6. The van der Waals surface area contributed by atoms with E-state index < -0.39 is 0 Å². The van der Waals surface area contributed by atoms with Crippen molar-refractivity contribution in [3.05, 3.63) is 84.2 Å². The zero-order valence-electron chi connectivity index (χ0n) is 23.0. The molecule has 4 fully saturated rings. The maximum Gasteiger partial charge on any atom is 0.247 e. The molecule has 1 unspecified atom stereocenters. The summed E-state index contributed by atoms with van der Waals surface area (Å²) >= 11 is 0. The Labute approximate surface area is 231 Å². The van der Waals surface area contributed by atoms with Gasteiger partial charge in [0.15, 0.2) is 0 Å². The minimum absolute atomic E-state index is 0.00191. The third-order valence-corrected chi connectivity index (χ3v) is 9.99. The van der Waals surface area contributed by atoms with E-state index in [1.165, 1.54) is 19.3 Å². The van der Waals surface area contributed by atoms with Crippen molar-refractivity contribution in [1.29, 1.82) is 0 Å². The van der Waals surface area contributed by atoms with E-state index in [1.54, 1.807) is 0 Å². The summed E-state index contributed by atoms with van der Waals surface area (Å²) in [7, 11) is 0. The van der Waals surface area contributed by atoms with Crippen LogP contribution in [0.1, 0.15) is 75.6 Å². The zero-order valence-corrected chi connectivity index (χ0v) is 23.0. The van der Waals surface area contributed by atoms with Gasteiger partial charge >= 0.3 is 0 Å². The first-order chi connectivity index (χ1) is 19.1. The third-order valence-electron chi connectivity index (χ3n) is 9.99. The standard InChI is InChI=1S/C34H39N3O2/c1-2-3-15-35(33(39)34-20-24-17-25(21-34)19-26(18-24)22-34)23-31(38)37-29-13-8-7-12-28(29)36-16-9-14-30(36)32(37)27-10-5-4-6-11-27/h4-14,16,24-26,32H,2-3,15,17-23H2,1H3. The molecule has 8 rings (SSSR count). The van der Waals surface area contributed by atoms with Crippen LogP contribution in [0.15, 0.2) is 72.9 Å². The molecular weight excluding hydrogens is 482 g/mol. The van der Waals surface area contributed by atoms with Crippen molar-refractivity contribution in [2.75, 3.05) is 18.0 Å². The van der Waals surface area contributed by atoms with Crippen LogP contribution >= 0.6 is 0 Å². The SMILES string of the molecule is CCCCN(CC(=O)N1c2ccccc2-n2cccc2C1c1ccccc1)C(=O)C12CC3CC(CC(C3)C1)C2. The van der Waals surface area contributed by atoms with E-state index in [-0.39, 0.29) is 29.8 Å². The molecule has 2 heterocycles. The Balaban J connectivity index is 1.24. The molecule has 2 aromatic carbocycles. The lowest BCUT2D eigenvalue weighted by Gasteiger charge is -2.56. The topological polar surface area (TPSA) is 45.6 Å². The predicted octanol–water partition coefficient (Wildman–Crippen LogP) is 6.76. The smallest absolute Gasteiger partial charge is 0.247 e. The molecule has 1 atom stereocenters. The molecule has 5 nitrogen and oxygen atoms in total. The van der Waals surface area contributed by atoms with Crippen LogP contribution in [0, 0.1) is 23.2 Å². The first-order valence-corrected chi connectivity index (χ1v) is 15.0. The van der Waals surface area contributed by atoms with Crippen molar-refractivity contribution in [2.45, 2.75) is 64.3 Å². The highest BCUT2D eigenvalue weighted by atomic mass is 16.2. The molecular formula is C34H39N3O2. The Morgan fingerprint density at radius 2 is 1.49 bits per heavy atom.